The molecule has 0 saturated heterocycles. The molecule has 112 valence electrons. The average Bonchev–Trinajstić information content (AvgIpc) is 2.36. The first-order chi connectivity index (χ1) is 9.70. The standard InChI is InChI=1S/C16H19FN2O2/c1-10-11-6-7-13(17)14(12(11)8-9-18-10)19(5)15(20)21-16(2,3)4/h6-9H,1-5H3. The predicted octanol–water partition coefficient (Wildman–Crippen LogP) is 4.05. The van der Waals surface area contributed by atoms with Crippen LogP contribution in [-0.2, 0) is 4.74 Å². The van der Waals surface area contributed by atoms with Gasteiger partial charge in [-0.05, 0) is 45.9 Å². The predicted molar refractivity (Wildman–Crippen MR) is 81.1 cm³/mol. The summed E-state index contributed by atoms with van der Waals surface area (Å²) in [6, 6.07) is 4.70. The van der Waals surface area contributed by atoms with Crippen molar-refractivity contribution in [3.63, 3.8) is 0 Å². The molecular formula is C16H19FN2O2. The minimum atomic E-state index is -0.635. The Morgan fingerprint density at radius 3 is 2.52 bits per heavy atom. The van der Waals surface area contributed by atoms with Crippen LogP contribution in [0.4, 0.5) is 14.9 Å². The number of hydrogen-bond donors (Lipinski definition) is 0. The van der Waals surface area contributed by atoms with E-state index in [9.17, 15) is 9.18 Å². The lowest BCUT2D eigenvalue weighted by molar-refractivity contribution is 0.0588. The number of amides is 1. The van der Waals surface area contributed by atoms with Crippen molar-refractivity contribution < 1.29 is 13.9 Å². The molecule has 0 aliphatic heterocycles. The SMILES string of the molecule is Cc1nccc2c(N(C)C(=O)OC(C)(C)C)c(F)ccc12. The topological polar surface area (TPSA) is 42.4 Å². The Balaban J connectivity index is 2.53. The molecule has 0 fully saturated rings. The first-order valence-corrected chi connectivity index (χ1v) is 6.71. The number of anilines is 1. The second kappa shape index (κ2) is 5.31. The molecule has 1 amide bonds. The summed E-state index contributed by atoms with van der Waals surface area (Å²) in [6.07, 6.45) is 1.01. The molecule has 0 unspecified atom stereocenters. The van der Waals surface area contributed by atoms with Gasteiger partial charge in [-0.15, -0.1) is 0 Å². The van der Waals surface area contributed by atoms with E-state index in [0.29, 0.717) is 5.39 Å². The molecule has 2 rings (SSSR count). The minimum absolute atomic E-state index is 0.201. The summed E-state index contributed by atoms with van der Waals surface area (Å²) in [5, 5.41) is 1.44. The Labute approximate surface area is 123 Å². The highest BCUT2D eigenvalue weighted by molar-refractivity contribution is 6.02. The molecule has 0 radical (unpaired) electrons. The number of ether oxygens (including phenoxy) is 1. The van der Waals surface area contributed by atoms with Gasteiger partial charge >= 0.3 is 6.09 Å². The van der Waals surface area contributed by atoms with E-state index in [-0.39, 0.29) is 5.69 Å². The zero-order valence-electron chi connectivity index (χ0n) is 12.9. The normalized spacial score (nSPS) is 11.5. The molecule has 0 bridgehead atoms. The molecule has 0 N–H and O–H groups in total. The van der Waals surface area contributed by atoms with Crippen LogP contribution in [0, 0.1) is 12.7 Å². The number of rotatable bonds is 1. The fourth-order valence-electron chi connectivity index (χ4n) is 2.12. The van der Waals surface area contributed by atoms with Gasteiger partial charge in [0.05, 0.1) is 5.69 Å². The van der Waals surface area contributed by atoms with Crippen molar-refractivity contribution in [1.82, 2.24) is 4.98 Å². The maximum Gasteiger partial charge on any atom is 0.414 e. The fraction of sp³-hybridized carbons (Fsp3) is 0.375. The highest BCUT2D eigenvalue weighted by Gasteiger charge is 2.24. The molecule has 1 heterocycles. The lowest BCUT2D eigenvalue weighted by atomic mass is 10.1. The van der Waals surface area contributed by atoms with Crippen molar-refractivity contribution in [3.05, 3.63) is 35.9 Å². The van der Waals surface area contributed by atoms with E-state index in [4.69, 9.17) is 4.74 Å². The average molecular weight is 290 g/mol. The van der Waals surface area contributed by atoms with Crippen LogP contribution in [0.3, 0.4) is 0 Å². The van der Waals surface area contributed by atoms with Crippen LogP contribution in [0.1, 0.15) is 26.5 Å². The monoisotopic (exact) mass is 290 g/mol. The van der Waals surface area contributed by atoms with Gasteiger partial charge in [0.15, 0.2) is 0 Å². The van der Waals surface area contributed by atoms with Crippen LogP contribution in [0.5, 0.6) is 0 Å². The molecule has 21 heavy (non-hydrogen) atoms. The van der Waals surface area contributed by atoms with Crippen molar-refractivity contribution >= 4 is 22.6 Å². The molecule has 4 nitrogen and oxygen atoms in total. The zero-order valence-corrected chi connectivity index (χ0v) is 12.9. The van der Waals surface area contributed by atoms with Gasteiger partial charge < -0.3 is 4.74 Å². The first-order valence-electron chi connectivity index (χ1n) is 6.71. The Morgan fingerprint density at radius 2 is 1.90 bits per heavy atom. The smallest absolute Gasteiger partial charge is 0.414 e. The number of fused-ring (bicyclic) bond motifs is 1. The molecule has 5 heteroatoms. The first kappa shape index (κ1) is 15.2. The Hall–Kier alpha value is -2.17. The molecule has 0 atom stereocenters. The maximum absolute atomic E-state index is 14.2. The van der Waals surface area contributed by atoms with Crippen LogP contribution >= 0.6 is 0 Å². The number of aryl methyl sites for hydroxylation is 1. The molecular weight excluding hydrogens is 271 g/mol. The van der Waals surface area contributed by atoms with E-state index >= 15 is 0 Å². The van der Waals surface area contributed by atoms with Gasteiger partial charge in [-0.2, -0.15) is 0 Å². The van der Waals surface area contributed by atoms with Crippen molar-refractivity contribution in [1.29, 1.82) is 0 Å². The minimum Gasteiger partial charge on any atom is -0.443 e. The number of carbonyl (C=O) groups excluding carboxylic acids is 1. The van der Waals surface area contributed by atoms with Crippen molar-refractivity contribution in [3.8, 4) is 0 Å². The molecule has 2 aromatic rings. The second-order valence-corrected chi connectivity index (χ2v) is 5.93. The van der Waals surface area contributed by atoms with Gasteiger partial charge in [0.25, 0.3) is 0 Å². The summed E-state index contributed by atoms with van der Waals surface area (Å²) in [4.78, 5) is 17.5. The quantitative estimate of drug-likeness (QED) is 0.795. The summed E-state index contributed by atoms with van der Waals surface area (Å²) in [5.74, 6) is -0.471. The molecule has 1 aromatic heterocycles. The van der Waals surface area contributed by atoms with Crippen molar-refractivity contribution in [2.75, 3.05) is 11.9 Å². The van der Waals surface area contributed by atoms with Crippen LogP contribution in [0.25, 0.3) is 10.8 Å². The lowest BCUT2D eigenvalue weighted by Crippen LogP contribution is -2.34. The highest BCUT2D eigenvalue weighted by Crippen LogP contribution is 2.31. The number of nitrogens with zero attached hydrogens (tertiary/aromatic N) is 2. The number of benzene rings is 1. The third-order valence-electron chi connectivity index (χ3n) is 3.07. The van der Waals surface area contributed by atoms with E-state index in [2.05, 4.69) is 4.98 Å². The van der Waals surface area contributed by atoms with Gasteiger partial charge in [0.2, 0.25) is 0 Å². The van der Waals surface area contributed by atoms with Gasteiger partial charge in [0, 0.05) is 29.7 Å². The van der Waals surface area contributed by atoms with Crippen molar-refractivity contribution in [2.45, 2.75) is 33.3 Å². The molecule has 0 saturated carbocycles. The zero-order chi connectivity index (χ0) is 15.8. The third-order valence-corrected chi connectivity index (χ3v) is 3.07. The van der Waals surface area contributed by atoms with Gasteiger partial charge in [0.1, 0.15) is 11.4 Å². The van der Waals surface area contributed by atoms with Gasteiger partial charge in [-0.3, -0.25) is 9.88 Å². The second-order valence-electron chi connectivity index (χ2n) is 5.93. The van der Waals surface area contributed by atoms with Crippen LogP contribution in [0.15, 0.2) is 24.4 Å². The lowest BCUT2D eigenvalue weighted by Gasteiger charge is -2.25. The Bertz CT molecular complexity index is 692. The summed E-state index contributed by atoms with van der Waals surface area (Å²) in [5.41, 5.74) is 0.350. The van der Waals surface area contributed by atoms with Crippen LogP contribution in [-0.4, -0.2) is 23.7 Å². The molecule has 0 spiro atoms. The molecule has 0 aliphatic carbocycles. The van der Waals surface area contributed by atoms with E-state index in [1.807, 2.05) is 6.92 Å². The number of aromatic nitrogens is 1. The summed E-state index contributed by atoms with van der Waals surface area (Å²) in [6.45, 7) is 7.16. The fourth-order valence-corrected chi connectivity index (χ4v) is 2.12. The van der Waals surface area contributed by atoms with Gasteiger partial charge in [-0.25, -0.2) is 9.18 Å². The molecule has 1 aromatic carbocycles. The molecule has 0 aliphatic rings. The number of hydrogen-bond acceptors (Lipinski definition) is 3. The largest absolute Gasteiger partial charge is 0.443 e. The maximum atomic E-state index is 14.2. The third kappa shape index (κ3) is 3.12. The number of halogens is 1. The highest BCUT2D eigenvalue weighted by atomic mass is 19.1. The summed E-state index contributed by atoms with van der Waals surface area (Å²) >= 11 is 0. The van der Waals surface area contributed by atoms with Crippen LogP contribution < -0.4 is 4.90 Å². The number of pyridine rings is 1. The summed E-state index contributed by atoms with van der Waals surface area (Å²) in [7, 11) is 1.50. The number of carbonyl (C=O) groups is 1. The van der Waals surface area contributed by atoms with E-state index in [1.165, 1.54) is 18.0 Å². The van der Waals surface area contributed by atoms with Crippen LogP contribution in [0.2, 0.25) is 0 Å². The van der Waals surface area contributed by atoms with Gasteiger partial charge in [-0.1, -0.05) is 0 Å². The van der Waals surface area contributed by atoms with E-state index < -0.39 is 17.5 Å². The summed E-state index contributed by atoms with van der Waals surface area (Å²) < 4.78 is 19.5. The van der Waals surface area contributed by atoms with Crippen molar-refractivity contribution in [2.24, 2.45) is 0 Å². The Kier molecular flexibility index (Phi) is 3.85. The van der Waals surface area contributed by atoms with E-state index in [1.54, 1.807) is 39.1 Å². The Morgan fingerprint density at radius 1 is 1.24 bits per heavy atom. The van der Waals surface area contributed by atoms with E-state index in [0.717, 1.165) is 11.1 Å².